The van der Waals surface area contributed by atoms with Crippen LogP contribution < -0.4 is 10.5 Å². The van der Waals surface area contributed by atoms with Crippen LogP contribution in [0.25, 0.3) is 33.5 Å². The van der Waals surface area contributed by atoms with Gasteiger partial charge in [-0.15, -0.1) is 0 Å². The molecular formula is C32H35N7O2. The fourth-order valence-electron chi connectivity index (χ4n) is 7.46. The molecule has 9 nitrogen and oxygen atoms in total. The Balaban J connectivity index is 1.32. The van der Waals surface area contributed by atoms with Crippen LogP contribution >= 0.6 is 0 Å². The third kappa shape index (κ3) is 3.89. The Morgan fingerprint density at radius 2 is 1.93 bits per heavy atom. The Morgan fingerprint density at radius 1 is 1.05 bits per heavy atom. The standard InChI is InChI=1S/C32H35N7O2/c1-41-28-15-23(32(40)38-19-22-9-10-26(38)29(22)33)13-24-30(28)39-18-20-16-34-36(17-20)11-5-2-6-12-37-25-8-4-3-7-21(25)14-27(37)31(39)35-24/h3-4,7-8,13-17,22,26,29H,2,5-6,9-12,18-19,33H2,1H3/t22?,26?,29-/m1/s1. The number of carbonyl (C=O) groups is 1. The molecule has 3 aliphatic rings. The lowest BCUT2D eigenvalue weighted by atomic mass is 10.1. The highest BCUT2D eigenvalue weighted by molar-refractivity contribution is 6.00. The second kappa shape index (κ2) is 9.48. The number of fused-ring (bicyclic) bond motifs is 11. The summed E-state index contributed by atoms with van der Waals surface area (Å²) in [5, 5.41) is 5.83. The molecule has 8 rings (SSSR count). The van der Waals surface area contributed by atoms with Gasteiger partial charge in [-0.05, 0) is 62.3 Å². The van der Waals surface area contributed by atoms with E-state index in [4.69, 9.17) is 15.5 Å². The second-order valence-electron chi connectivity index (χ2n) is 11.9. The van der Waals surface area contributed by atoms with Crippen molar-refractivity contribution >= 4 is 27.8 Å². The number of imidazole rings is 1. The van der Waals surface area contributed by atoms with Crippen molar-refractivity contribution in [2.75, 3.05) is 13.7 Å². The van der Waals surface area contributed by atoms with Crippen LogP contribution in [0.4, 0.5) is 0 Å². The predicted octanol–water partition coefficient (Wildman–Crippen LogP) is 4.66. The molecule has 5 aromatic rings. The maximum absolute atomic E-state index is 13.8. The van der Waals surface area contributed by atoms with Gasteiger partial charge in [-0.25, -0.2) is 4.98 Å². The molecule has 1 aliphatic carbocycles. The van der Waals surface area contributed by atoms with E-state index < -0.39 is 0 Å². The van der Waals surface area contributed by atoms with Crippen molar-refractivity contribution < 1.29 is 9.53 Å². The summed E-state index contributed by atoms with van der Waals surface area (Å²) in [5.74, 6) is 1.93. The van der Waals surface area contributed by atoms with Crippen LogP contribution in [0.2, 0.25) is 0 Å². The van der Waals surface area contributed by atoms with E-state index in [1.54, 1.807) is 7.11 Å². The van der Waals surface area contributed by atoms with E-state index in [0.29, 0.717) is 23.8 Å². The normalized spacial score (nSPS) is 22.3. The van der Waals surface area contributed by atoms with E-state index in [1.807, 2.05) is 27.9 Å². The maximum Gasteiger partial charge on any atom is 0.254 e. The van der Waals surface area contributed by atoms with Gasteiger partial charge in [-0.2, -0.15) is 5.10 Å². The molecule has 2 N–H and O–H groups in total. The lowest BCUT2D eigenvalue weighted by Crippen LogP contribution is -2.41. The first kappa shape index (κ1) is 24.7. The zero-order valence-corrected chi connectivity index (χ0v) is 23.4. The summed E-state index contributed by atoms with van der Waals surface area (Å²) >= 11 is 0. The molecule has 210 valence electrons. The molecule has 9 heteroatoms. The molecular weight excluding hydrogens is 514 g/mol. The summed E-state index contributed by atoms with van der Waals surface area (Å²) in [6.07, 6.45) is 9.47. The molecule has 0 spiro atoms. The van der Waals surface area contributed by atoms with Gasteiger partial charge in [0.2, 0.25) is 0 Å². The molecule has 2 aromatic carbocycles. The van der Waals surface area contributed by atoms with Gasteiger partial charge in [0.25, 0.3) is 5.91 Å². The van der Waals surface area contributed by atoms with Crippen LogP contribution in [0.1, 0.15) is 48.0 Å². The van der Waals surface area contributed by atoms with E-state index >= 15 is 0 Å². The number of nitrogens with two attached hydrogens (primary N) is 1. The number of piperidine rings is 1. The summed E-state index contributed by atoms with van der Waals surface area (Å²) < 4.78 is 12.7. The average molecular weight is 550 g/mol. The minimum atomic E-state index is 0.0153. The SMILES string of the molecule is COc1cc(C(=O)N2CC3CCC2[C@@H]3N)cc2nc3n(c12)Cc1cnn(c1)CCCCCn1c-3cc2ccccc21. The monoisotopic (exact) mass is 549 g/mol. The van der Waals surface area contributed by atoms with Crippen molar-refractivity contribution in [1.29, 1.82) is 0 Å². The summed E-state index contributed by atoms with van der Waals surface area (Å²) in [7, 11) is 1.67. The van der Waals surface area contributed by atoms with Crippen LogP contribution in [-0.4, -0.2) is 60.4 Å². The number of ether oxygens (including phenoxy) is 1. The molecule has 1 amide bonds. The number of methoxy groups -OCH3 is 1. The third-order valence-electron chi connectivity index (χ3n) is 9.52. The van der Waals surface area contributed by atoms with Crippen molar-refractivity contribution in [2.24, 2.45) is 11.7 Å². The number of hydrogen-bond donors (Lipinski definition) is 1. The van der Waals surface area contributed by atoms with Gasteiger partial charge in [0.15, 0.2) is 5.82 Å². The number of rotatable bonds is 2. The number of nitrogens with zero attached hydrogens (tertiary/aromatic N) is 6. The first-order chi connectivity index (χ1) is 20.1. The lowest BCUT2D eigenvalue weighted by Gasteiger charge is -2.27. The van der Waals surface area contributed by atoms with Gasteiger partial charge in [0.05, 0.1) is 31.1 Å². The summed E-state index contributed by atoms with van der Waals surface area (Å²) in [6.45, 7) is 3.15. The van der Waals surface area contributed by atoms with Crippen LogP contribution in [0, 0.1) is 5.92 Å². The van der Waals surface area contributed by atoms with Gasteiger partial charge in [-0.1, -0.05) is 18.2 Å². The first-order valence-corrected chi connectivity index (χ1v) is 14.8. The van der Waals surface area contributed by atoms with Crippen molar-refractivity contribution in [2.45, 2.75) is 63.8 Å². The number of para-hydroxylation sites is 1. The molecule has 5 heterocycles. The van der Waals surface area contributed by atoms with Gasteiger partial charge in [-0.3, -0.25) is 9.48 Å². The maximum atomic E-state index is 13.8. The number of carbonyl (C=O) groups excluding carboxylic acids is 1. The number of likely N-dealkylation sites (tertiary alicyclic amines) is 1. The minimum absolute atomic E-state index is 0.0153. The summed E-state index contributed by atoms with van der Waals surface area (Å²) in [6, 6.07) is 14.8. The Kier molecular flexibility index (Phi) is 5.70. The molecule has 3 atom stereocenters. The zero-order valence-electron chi connectivity index (χ0n) is 23.4. The fourth-order valence-corrected chi connectivity index (χ4v) is 7.46. The molecule has 2 unspecified atom stereocenters. The van der Waals surface area contributed by atoms with E-state index in [2.05, 4.69) is 50.8 Å². The average Bonchev–Trinajstić information content (AvgIpc) is 3.81. The highest BCUT2D eigenvalue weighted by Crippen LogP contribution is 2.39. The van der Waals surface area contributed by atoms with Crippen LogP contribution in [0.5, 0.6) is 5.75 Å². The quantitative estimate of drug-likeness (QED) is 0.346. The molecule has 2 fully saturated rings. The number of aryl methyl sites for hydroxylation is 2. The van der Waals surface area contributed by atoms with E-state index in [9.17, 15) is 4.79 Å². The van der Waals surface area contributed by atoms with Crippen LogP contribution in [0.15, 0.2) is 54.9 Å². The van der Waals surface area contributed by atoms with Gasteiger partial charge < -0.3 is 24.5 Å². The van der Waals surface area contributed by atoms with Crippen molar-refractivity contribution in [1.82, 2.24) is 28.8 Å². The van der Waals surface area contributed by atoms with Gasteiger partial charge >= 0.3 is 0 Å². The molecule has 2 aliphatic heterocycles. The smallest absolute Gasteiger partial charge is 0.254 e. The zero-order chi connectivity index (χ0) is 27.7. The Labute approximate surface area is 238 Å². The van der Waals surface area contributed by atoms with Crippen LogP contribution in [0.3, 0.4) is 0 Å². The predicted molar refractivity (Wildman–Crippen MR) is 158 cm³/mol. The number of amides is 1. The largest absolute Gasteiger partial charge is 0.494 e. The first-order valence-electron chi connectivity index (χ1n) is 14.8. The van der Waals surface area contributed by atoms with E-state index in [-0.39, 0.29) is 18.0 Å². The molecule has 1 saturated carbocycles. The third-order valence-corrected chi connectivity index (χ3v) is 9.52. The number of hydrogen-bond acceptors (Lipinski definition) is 5. The minimum Gasteiger partial charge on any atom is -0.494 e. The Hall–Kier alpha value is -4.11. The second-order valence-corrected chi connectivity index (χ2v) is 11.9. The molecule has 1 saturated heterocycles. The molecule has 3 aromatic heterocycles. The van der Waals surface area contributed by atoms with Gasteiger partial charge in [0, 0.05) is 59.9 Å². The molecule has 4 bridgehead atoms. The summed E-state index contributed by atoms with van der Waals surface area (Å²) in [5.41, 5.74) is 12.1. The number of benzene rings is 2. The van der Waals surface area contributed by atoms with Crippen molar-refractivity contribution in [3.8, 4) is 17.3 Å². The lowest BCUT2D eigenvalue weighted by molar-refractivity contribution is 0.0700. The topological polar surface area (TPSA) is 96.1 Å². The molecule has 41 heavy (non-hydrogen) atoms. The van der Waals surface area contributed by atoms with Crippen LogP contribution in [-0.2, 0) is 19.6 Å². The van der Waals surface area contributed by atoms with Crippen molar-refractivity contribution in [3.63, 3.8) is 0 Å². The number of aromatic nitrogens is 5. The van der Waals surface area contributed by atoms with E-state index in [0.717, 1.165) is 79.9 Å². The summed E-state index contributed by atoms with van der Waals surface area (Å²) in [4.78, 5) is 21.0. The fraction of sp³-hybridized carbons (Fsp3) is 0.406. The highest BCUT2D eigenvalue weighted by Gasteiger charge is 2.47. The van der Waals surface area contributed by atoms with Gasteiger partial charge in [0.1, 0.15) is 11.3 Å². The van der Waals surface area contributed by atoms with E-state index in [1.165, 1.54) is 10.9 Å². The highest BCUT2D eigenvalue weighted by atomic mass is 16.5. The molecule has 0 radical (unpaired) electrons. The Morgan fingerprint density at radius 3 is 2.76 bits per heavy atom. The Bertz CT molecular complexity index is 1800. The van der Waals surface area contributed by atoms with Crippen molar-refractivity contribution in [3.05, 3.63) is 66.0 Å².